The Bertz CT molecular complexity index is 564. The van der Waals surface area contributed by atoms with Crippen molar-refractivity contribution < 1.29 is 0 Å². The Morgan fingerprint density at radius 1 is 1.15 bits per heavy atom. The maximum absolute atomic E-state index is 5.76. The molecule has 1 atom stereocenters. The number of rotatable bonds is 5. The van der Waals surface area contributed by atoms with Gasteiger partial charge in [0.25, 0.3) is 0 Å². The van der Waals surface area contributed by atoms with E-state index < -0.39 is 0 Å². The first-order valence-corrected chi connectivity index (χ1v) is 7.06. The fraction of sp³-hybridized carbons (Fsp3) is 0.353. The van der Waals surface area contributed by atoms with E-state index >= 15 is 0 Å². The van der Waals surface area contributed by atoms with Gasteiger partial charge in [0.1, 0.15) is 0 Å². The van der Waals surface area contributed by atoms with Crippen molar-refractivity contribution in [1.29, 1.82) is 0 Å². The Morgan fingerprint density at radius 3 is 2.60 bits per heavy atom. The summed E-state index contributed by atoms with van der Waals surface area (Å²) in [7, 11) is 0. The highest BCUT2D eigenvalue weighted by molar-refractivity contribution is 5.34. The summed E-state index contributed by atoms with van der Waals surface area (Å²) in [5.74, 6) is 6.41. The number of hydrazine groups is 1. The maximum Gasteiger partial charge on any atom is 0.0725 e. The van der Waals surface area contributed by atoms with E-state index in [1.54, 1.807) is 0 Å². The molecular formula is C17H23N3. The molecule has 0 spiro atoms. The van der Waals surface area contributed by atoms with Gasteiger partial charge in [-0.3, -0.25) is 10.8 Å². The lowest BCUT2D eigenvalue weighted by Gasteiger charge is -2.18. The number of nitrogens with two attached hydrogens (primary N) is 1. The van der Waals surface area contributed by atoms with Crippen LogP contribution in [0.2, 0.25) is 0 Å². The van der Waals surface area contributed by atoms with Crippen LogP contribution in [0.3, 0.4) is 0 Å². The van der Waals surface area contributed by atoms with Crippen molar-refractivity contribution in [2.75, 3.05) is 0 Å². The molecular weight excluding hydrogens is 246 g/mol. The minimum Gasteiger partial charge on any atom is -0.271 e. The second-order valence-electron chi connectivity index (χ2n) is 5.74. The SMILES string of the molecule is Cc1cncc(C(NN)c2cccc(CC(C)C)c2)c1. The highest BCUT2D eigenvalue weighted by Crippen LogP contribution is 2.23. The lowest BCUT2D eigenvalue weighted by Crippen LogP contribution is -2.29. The summed E-state index contributed by atoms with van der Waals surface area (Å²) in [6, 6.07) is 10.7. The van der Waals surface area contributed by atoms with Crippen LogP contribution in [0.4, 0.5) is 0 Å². The number of aryl methyl sites for hydroxylation is 1. The Labute approximate surface area is 121 Å². The highest BCUT2D eigenvalue weighted by Gasteiger charge is 2.13. The van der Waals surface area contributed by atoms with E-state index in [1.807, 2.05) is 19.3 Å². The Kier molecular flexibility index (Phi) is 4.88. The second kappa shape index (κ2) is 6.64. The van der Waals surface area contributed by atoms with Crippen molar-refractivity contribution in [1.82, 2.24) is 10.4 Å². The van der Waals surface area contributed by atoms with Gasteiger partial charge in [0, 0.05) is 12.4 Å². The fourth-order valence-electron chi connectivity index (χ4n) is 2.49. The normalized spacial score (nSPS) is 12.7. The van der Waals surface area contributed by atoms with Crippen molar-refractivity contribution in [3.8, 4) is 0 Å². The van der Waals surface area contributed by atoms with Gasteiger partial charge in [-0.05, 0) is 41.5 Å². The molecule has 0 aliphatic heterocycles. The molecule has 2 aromatic rings. The van der Waals surface area contributed by atoms with E-state index in [-0.39, 0.29) is 6.04 Å². The van der Waals surface area contributed by atoms with E-state index in [0.717, 1.165) is 17.5 Å². The molecule has 0 bridgehead atoms. The number of hydrogen-bond donors (Lipinski definition) is 2. The molecule has 1 heterocycles. The molecule has 3 heteroatoms. The molecule has 0 aliphatic rings. The smallest absolute Gasteiger partial charge is 0.0725 e. The molecule has 0 saturated heterocycles. The van der Waals surface area contributed by atoms with Crippen LogP contribution in [0, 0.1) is 12.8 Å². The lowest BCUT2D eigenvalue weighted by atomic mass is 9.95. The van der Waals surface area contributed by atoms with Gasteiger partial charge in [-0.2, -0.15) is 0 Å². The summed E-state index contributed by atoms with van der Waals surface area (Å²) in [6.45, 7) is 6.50. The molecule has 3 N–H and O–H groups in total. The zero-order valence-electron chi connectivity index (χ0n) is 12.4. The van der Waals surface area contributed by atoms with Gasteiger partial charge in [-0.15, -0.1) is 0 Å². The number of hydrogen-bond acceptors (Lipinski definition) is 3. The van der Waals surface area contributed by atoms with Crippen molar-refractivity contribution in [2.45, 2.75) is 33.2 Å². The van der Waals surface area contributed by atoms with E-state index in [0.29, 0.717) is 5.92 Å². The lowest BCUT2D eigenvalue weighted by molar-refractivity contribution is 0.626. The van der Waals surface area contributed by atoms with E-state index in [4.69, 9.17) is 5.84 Å². The first-order chi connectivity index (χ1) is 9.60. The third kappa shape index (κ3) is 3.65. The molecule has 3 nitrogen and oxygen atoms in total. The zero-order valence-corrected chi connectivity index (χ0v) is 12.4. The first-order valence-electron chi connectivity index (χ1n) is 7.06. The molecule has 0 aliphatic carbocycles. The van der Waals surface area contributed by atoms with Crippen LogP contribution in [-0.4, -0.2) is 4.98 Å². The summed E-state index contributed by atoms with van der Waals surface area (Å²) < 4.78 is 0. The summed E-state index contributed by atoms with van der Waals surface area (Å²) >= 11 is 0. The standard InChI is InChI=1S/C17H23N3/c1-12(2)7-14-5-4-6-15(9-14)17(20-18)16-8-13(3)10-19-11-16/h4-6,8-12,17,20H,7,18H2,1-3H3. The third-order valence-corrected chi connectivity index (χ3v) is 3.32. The molecule has 1 aromatic carbocycles. The van der Waals surface area contributed by atoms with Crippen LogP contribution in [0.5, 0.6) is 0 Å². The van der Waals surface area contributed by atoms with Crippen molar-refractivity contribution in [3.05, 3.63) is 65.0 Å². The van der Waals surface area contributed by atoms with E-state index in [1.165, 1.54) is 11.1 Å². The van der Waals surface area contributed by atoms with Crippen molar-refractivity contribution in [3.63, 3.8) is 0 Å². The Balaban J connectivity index is 2.32. The summed E-state index contributed by atoms with van der Waals surface area (Å²) in [5.41, 5.74) is 7.66. The highest BCUT2D eigenvalue weighted by atomic mass is 15.2. The fourth-order valence-corrected chi connectivity index (χ4v) is 2.49. The van der Waals surface area contributed by atoms with Gasteiger partial charge < -0.3 is 0 Å². The molecule has 0 amide bonds. The zero-order chi connectivity index (χ0) is 14.5. The summed E-state index contributed by atoms with van der Waals surface area (Å²) in [5, 5.41) is 0. The van der Waals surface area contributed by atoms with Crippen LogP contribution in [0.1, 0.15) is 42.1 Å². The van der Waals surface area contributed by atoms with E-state index in [9.17, 15) is 0 Å². The number of nitrogens with zero attached hydrogens (tertiary/aromatic N) is 1. The predicted octanol–water partition coefficient (Wildman–Crippen LogP) is 3.14. The molecule has 2 rings (SSSR count). The van der Waals surface area contributed by atoms with E-state index in [2.05, 4.69) is 54.6 Å². The molecule has 0 radical (unpaired) electrons. The third-order valence-electron chi connectivity index (χ3n) is 3.32. The molecule has 0 fully saturated rings. The van der Waals surface area contributed by atoms with Crippen molar-refractivity contribution in [2.24, 2.45) is 11.8 Å². The quantitative estimate of drug-likeness (QED) is 0.647. The van der Waals surface area contributed by atoms with Crippen molar-refractivity contribution >= 4 is 0 Å². The number of nitrogens with one attached hydrogen (secondary N) is 1. The van der Waals surface area contributed by atoms with Crippen LogP contribution in [0.15, 0.2) is 42.7 Å². The Morgan fingerprint density at radius 2 is 1.95 bits per heavy atom. The summed E-state index contributed by atoms with van der Waals surface area (Å²) in [6.07, 6.45) is 4.80. The first kappa shape index (κ1) is 14.7. The number of aromatic nitrogens is 1. The van der Waals surface area contributed by atoms with Gasteiger partial charge in [-0.1, -0.05) is 44.2 Å². The minimum atomic E-state index is -0.0190. The predicted molar refractivity (Wildman–Crippen MR) is 83.1 cm³/mol. The average molecular weight is 269 g/mol. The van der Waals surface area contributed by atoms with Crippen LogP contribution in [-0.2, 0) is 6.42 Å². The molecule has 1 unspecified atom stereocenters. The van der Waals surface area contributed by atoms with Crippen LogP contribution >= 0.6 is 0 Å². The minimum absolute atomic E-state index is 0.0190. The molecule has 1 aromatic heterocycles. The van der Waals surface area contributed by atoms with Gasteiger partial charge in [0.2, 0.25) is 0 Å². The molecule has 0 saturated carbocycles. The topological polar surface area (TPSA) is 50.9 Å². The number of pyridine rings is 1. The molecule has 106 valence electrons. The monoisotopic (exact) mass is 269 g/mol. The van der Waals surface area contributed by atoms with Crippen LogP contribution in [0.25, 0.3) is 0 Å². The largest absolute Gasteiger partial charge is 0.271 e. The Hall–Kier alpha value is -1.71. The molecule has 20 heavy (non-hydrogen) atoms. The second-order valence-corrected chi connectivity index (χ2v) is 5.74. The average Bonchev–Trinajstić information content (AvgIpc) is 2.39. The van der Waals surface area contributed by atoms with Gasteiger partial charge in [0.15, 0.2) is 0 Å². The van der Waals surface area contributed by atoms with Gasteiger partial charge in [-0.25, -0.2) is 5.43 Å². The number of benzene rings is 1. The maximum atomic E-state index is 5.76. The van der Waals surface area contributed by atoms with Crippen LogP contribution < -0.4 is 11.3 Å². The van der Waals surface area contributed by atoms with Gasteiger partial charge >= 0.3 is 0 Å². The van der Waals surface area contributed by atoms with Gasteiger partial charge in [0.05, 0.1) is 6.04 Å². The summed E-state index contributed by atoms with van der Waals surface area (Å²) in [4.78, 5) is 4.25.